The summed E-state index contributed by atoms with van der Waals surface area (Å²) in [5, 5.41) is 2.56. The molecule has 9 rings (SSSR count). The molecule has 2 aromatic heterocycles. The molecule has 6 aromatic rings. The van der Waals surface area contributed by atoms with Gasteiger partial charge in [0.2, 0.25) is 0 Å². The second-order valence-corrected chi connectivity index (χ2v) is 12.8. The minimum Gasteiger partial charge on any atom is -0.292 e. The molecule has 1 atom stereocenters. The van der Waals surface area contributed by atoms with Crippen LogP contribution >= 0.6 is 0 Å². The Morgan fingerprint density at radius 1 is 0.660 bits per heavy atom. The largest absolute Gasteiger partial charge is 0.292 e. The molecule has 0 bridgehead atoms. The number of aromatic nitrogens is 2. The van der Waals surface area contributed by atoms with Gasteiger partial charge in [-0.3, -0.25) is 4.40 Å². The Labute approximate surface area is 277 Å². The van der Waals surface area contributed by atoms with Crippen LogP contribution < -0.4 is 0 Å². The third-order valence-corrected chi connectivity index (χ3v) is 10.1. The smallest absolute Gasteiger partial charge is 0.142 e. The van der Waals surface area contributed by atoms with E-state index in [0.717, 1.165) is 49.7 Å². The SMILES string of the molecule is C1=CCCC(C(c2ccccc2)c2ccc3ccc(-c4ccc5nc6c7c(c8c(n6c5c4)C=CCCC8)C=CCC7)cc3c2)=C1.C=C. The minimum absolute atomic E-state index is 0.266. The first-order valence-corrected chi connectivity index (χ1v) is 17.1. The molecule has 47 heavy (non-hydrogen) atoms. The molecule has 0 saturated carbocycles. The molecule has 0 radical (unpaired) electrons. The highest BCUT2D eigenvalue weighted by Crippen LogP contribution is 2.39. The van der Waals surface area contributed by atoms with Gasteiger partial charge in [0.1, 0.15) is 5.65 Å². The van der Waals surface area contributed by atoms with E-state index < -0.39 is 0 Å². The standard InChI is InChI=1S/C43H36N2.C2H4/c1-4-12-30(13-5-1)42(31-14-6-2-7-15-31)34-23-21-29-20-22-32(26-35(29)27-34)33-24-25-39-41(28-33)45-40-19-9-3-8-17-37(40)36-16-10-11-18-38(36)43(45)44-39;1-2/h1-2,4-6,9-10,12-14,16,19-28,42H,3,7-8,11,15,17-18H2;1-2H2. The van der Waals surface area contributed by atoms with E-state index in [-0.39, 0.29) is 5.92 Å². The topological polar surface area (TPSA) is 17.3 Å². The van der Waals surface area contributed by atoms with Crippen LogP contribution in [0.15, 0.2) is 134 Å². The maximum atomic E-state index is 5.24. The van der Waals surface area contributed by atoms with Gasteiger partial charge < -0.3 is 0 Å². The summed E-state index contributed by atoms with van der Waals surface area (Å²) in [6, 6.07) is 31.9. The Bertz CT molecular complexity index is 2260. The molecule has 0 saturated heterocycles. The molecule has 1 unspecified atom stereocenters. The summed E-state index contributed by atoms with van der Waals surface area (Å²) in [7, 11) is 0. The van der Waals surface area contributed by atoms with Crippen LogP contribution in [0.5, 0.6) is 0 Å². The number of aryl methyl sites for hydroxylation is 1. The minimum atomic E-state index is 0.266. The normalized spacial score (nSPS) is 15.9. The van der Waals surface area contributed by atoms with Crippen molar-refractivity contribution in [2.75, 3.05) is 0 Å². The molecule has 3 aliphatic rings. The van der Waals surface area contributed by atoms with Gasteiger partial charge in [0, 0.05) is 11.5 Å². The summed E-state index contributed by atoms with van der Waals surface area (Å²) in [5.74, 6) is 0.266. The Morgan fingerprint density at radius 2 is 1.47 bits per heavy atom. The van der Waals surface area contributed by atoms with Crippen LogP contribution in [0, 0.1) is 0 Å². The van der Waals surface area contributed by atoms with Crippen LogP contribution in [0.1, 0.15) is 71.5 Å². The van der Waals surface area contributed by atoms with Crippen LogP contribution in [-0.2, 0) is 12.8 Å². The molecule has 230 valence electrons. The van der Waals surface area contributed by atoms with E-state index in [2.05, 4.69) is 145 Å². The van der Waals surface area contributed by atoms with Gasteiger partial charge in [-0.25, -0.2) is 4.98 Å². The van der Waals surface area contributed by atoms with E-state index in [1.165, 1.54) is 72.9 Å². The first-order valence-electron chi connectivity index (χ1n) is 17.1. The Hall–Kier alpha value is -5.21. The highest BCUT2D eigenvalue weighted by molar-refractivity contribution is 5.92. The van der Waals surface area contributed by atoms with Crippen molar-refractivity contribution in [1.82, 2.24) is 9.38 Å². The van der Waals surface area contributed by atoms with E-state index >= 15 is 0 Å². The zero-order chi connectivity index (χ0) is 31.7. The molecule has 3 aliphatic carbocycles. The fourth-order valence-electron chi connectivity index (χ4n) is 7.93. The summed E-state index contributed by atoms with van der Waals surface area (Å²) >= 11 is 0. The molecule has 2 nitrogen and oxygen atoms in total. The number of rotatable bonds is 4. The molecular weight excluding hydrogens is 569 g/mol. The van der Waals surface area contributed by atoms with Crippen LogP contribution in [0.2, 0.25) is 0 Å². The molecule has 0 spiro atoms. The molecule has 0 amide bonds. The van der Waals surface area contributed by atoms with Crippen molar-refractivity contribution >= 4 is 39.6 Å². The predicted molar refractivity (Wildman–Crippen MR) is 201 cm³/mol. The van der Waals surface area contributed by atoms with Gasteiger partial charge in [0.25, 0.3) is 0 Å². The predicted octanol–water partition coefficient (Wildman–Crippen LogP) is 11.8. The molecule has 0 fully saturated rings. The molecule has 0 N–H and O–H groups in total. The van der Waals surface area contributed by atoms with Crippen molar-refractivity contribution in [3.63, 3.8) is 0 Å². The van der Waals surface area contributed by atoms with Gasteiger partial charge in [-0.15, -0.1) is 13.2 Å². The lowest BCUT2D eigenvalue weighted by Crippen LogP contribution is -2.08. The lowest BCUT2D eigenvalue weighted by atomic mass is 9.81. The van der Waals surface area contributed by atoms with Crippen molar-refractivity contribution in [2.24, 2.45) is 0 Å². The van der Waals surface area contributed by atoms with Crippen molar-refractivity contribution in [1.29, 1.82) is 0 Å². The maximum absolute atomic E-state index is 5.24. The first-order chi connectivity index (χ1) is 23.3. The van der Waals surface area contributed by atoms with Gasteiger partial charge in [-0.1, -0.05) is 109 Å². The van der Waals surface area contributed by atoms with Gasteiger partial charge in [-0.05, 0) is 113 Å². The zero-order valence-corrected chi connectivity index (χ0v) is 27.0. The van der Waals surface area contributed by atoms with Gasteiger partial charge in [0.15, 0.2) is 0 Å². The summed E-state index contributed by atoms with van der Waals surface area (Å²) in [6.45, 7) is 6.00. The van der Waals surface area contributed by atoms with E-state index in [0.29, 0.717) is 0 Å². The summed E-state index contributed by atoms with van der Waals surface area (Å²) in [6.07, 6.45) is 24.0. The van der Waals surface area contributed by atoms with Crippen LogP contribution in [-0.4, -0.2) is 9.38 Å². The molecular formula is C45H40N2. The fourth-order valence-corrected chi connectivity index (χ4v) is 7.93. The maximum Gasteiger partial charge on any atom is 0.142 e. The molecule has 4 aromatic carbocycles. The number of nitrogens with zero attached hydrogens (tertiary/aromatic N) is 2. The lowest BCUT2D eigenvalue weighted by Gasteiger charge is -2.23. The monoisotopic (exact) mass is 608 g/mol. The summed E-state index contributed by atoms with van der Waals surface area (Å²) < 4.78 is 2.46. The number of benzene rings is 4. The van der Waals surface area contributed by atoms with Crippen LogP contribution in [0.25, 0.3) is 50.7 Å². The highest BCUT2D eigenvalue weighted by atomic mass is 15.0. The Kier molecular flexibility index (Phi) is 7.79. The number of hydrogen-bond donors (Lipinski definition) is 0. The quantitative estimate of drug-likeness (QED) is 0.182. The van der Waals surface area contributed by atoms with E-state index in [4.69, 9.17) is 4.98 Å². The van der Waals surface area contributed by atoms with E-state index in [1.807, 2.05) is 0 Å². The number of hydrogen-bond acceptors (Lipinski definition) is 1. The molecule has 0 aliphatic heterocycles. The van der Waals surface area contributed by atoms with Crippen LogP contribution in [0.3, 0.4) is 0 Å². The number of allylic oxidation sites excluding steroid dienone is 6. The number of pyridine rings is 1. The van der Waals surface area contributed by atoms with Crippen molar-refractivity contribution < 1.29 is 0 Å². The zero-order valence-electron chi connectivity index (χ0n) is 27.0. The van der Waals surface area contributed by atoms with E-state index in [9.17, 15) is 0 Å². The van der Waals surface area contributed by atoms with Gasteiger partial charge in [-0.2, -0.15) is 0 Å². The Balaban J connectivity index is 0.00000159. The van der Waals surface area contributed by atoms with Gasteiger partial charge in [0.05, 0.1) is 16.7 Å². The Morgan fingerprint density at radius 3 is 2.34 bits per heavy atom. The van der Waals surface area contributed by atoms with Crippen molar-refractivity contribution in [3.05, 3.63) is 168 Å². The lowest BCUT2D eigenvalue weighted by molar-refractivity contribution is 0.832. The molecule has 2 heterocycles. The van der Waals surface area contributed by atoms with Gasteiger partial charge >= 0.3 is 0 Å². The third kappa shape index (κ3) is 5.19. The fraction of sp³-hybridized carbons (Fsp3) is 0.178. The number of fused-ring (bicyclic) bond motifs is 9. The van der Waals surface area contributed by atoms with Crippen molar-refractivity contribution in [2.45, 2.75) is 50.9 Å². The van der Waals surface area contributed by atoms with E-state index in [1.54, 1.807) is 0 Å². The average Bonchev–Trinajstić information content (AvgIpc) is 3.35. The summed E-state index contributed by atoms with van der Waals surface area (Å²) in [5.41, 5.74) is 15.7. The second kappa shape index (κ2) is 12.5. The highest BCUT2D eigenvalue weighted by Gasteiger charge is 2.23. The van der Waals surface area contributed by atoms with Crippen LogP contribution in [0.4, 0.5) is 0 Å². The molecule has 2 heteroatoms. The summed E-state index contributed by atoms with van der Waals surface area (Å²) in [4.78, 5) is 5.24. The number of imidazole rings is 1. The third-order valence-electron chi connectivity index (χ3n) is 10.1. The first kappa shape index (κ1) is 29.2. The van der Waals surface area contributed by atoms with Crippen molar-refractivity contribution in [3.8, 4) is 11.1 Å². The average molecular weight is 609 g/mol. The second-order valence-electron chi connectivity index (χ2n) is 12.8.